The van der Waals surface area contributed by atoms with Crippen LogP contribution in [0.2, 0.25) is 5.02 Å². The average Bonchev–Trinajstić information content (AvgIpc) is 3.21. The second kappa shape index (κ2) is 6.57. The van der Waals surface area contributed by atoms with Gasteiger partial charge in [0.05, 0.1) is 12.7 Å². The van der Waals surface area contributed by atoms with Gasteiger partial charge in [-0.15, -0.1) is 0 Å². The molecule has 4 heteroatoms. The highest BCUT2D eigenvalue weighted by Crippen LogP contribution is 2.30. The zero-order chi connectivity index (χ0) is 17.4. The Balaban J connectivity index is 1.52. The lowest BCUT2D eigenvalue weighted by atomic mass is 10.0. The lowest BCUT2D eigenvalue weighted by Gasteiger charge is -2.17. The molecule has 0 saturated heterocycles. The fraction of sp³-hybridized carbons (Fsp3) is 0.286. The number of carbonyl (C=O) groups excluding carboxylic acids is 1. The normalized spacial score (nSPS) is 13.2. The van der Waals surface area contributed by atoms with Gasteiger partial charge in [-0.1, -0.05) is 29.8 Å². The van der Waals surface area contributed by atoms with Crippen molar-refractivity contribution in [1.82, 2.24) is 4.90 Å². The number of benzene rings is 2. The molecule has 3 nitrogen and oxygen atoms in total. The number of carbonyl (C=O) groups is 1. The molecule has 0 bridgehead atoms. The first kappa shape index (κ1) is 16.2. The van der Waals surface area contributed by atoms with Gasteiger partial charge < -0.3 is 9.32 Å². The second-order valence-electron chi connectivity index (χ2n) is 6.75. The Bertz CT molecular complexity index is 944. The highest BCUT2D eigenvalue weighted by molar-refractivity contribution is 6.31. The standard InChI is InChI=1S/C21H20ClNO2/c1-23(12-16-5-2-3-8-19(16)22)21(24)11-17-13-25-20-10-15-7-4-6-14(15)9-18(17)20/h2-3,5,8-10,13H,4,6-7,11-12H2,1H3. The Morgan fingerprint density at radius 1 is 1.16 bits per heavy atom. The molecule has 0 radical (unpaired) electrons. The molecule has 0 fully saturated rings. The summed E-state index contributed by atoms with van der Waals surface area (Å²) in [6, 6.07) is 12.0. The molecule has 1 aromatic heterocycles. The van der Waals surface area contributed by atoms with E-state index in [-0.39, 0.29) is 5.91 Å². The quantitative estimate of drug-likeness (QED) is 0.676. The minimum Gasteiger partial charge on any atom is -0.464 e. The number of hydrogen-bond acceptors (Lipinski definition) is 2. The van der Waals surface area contributed by atoms with Crippen molar-refractivity contribution in [2.24, 2.45) is 0 Å². The molecule has 25 heavy (non-hydrogen) atoms. The monoisotopic (exact) mass is 353 g/mol. The summed E-state index contributed by atoms with van der Waals surface area (Å²) in [5.41, 5.74) is 5.58. The van der Waals surface area contributed by atoms with E-state index in [1.807, 2.05) is 31.3 Å². The fourth-order valence-corrected chi connectivity index (χ4v) is 3.75. The summed E-state index contributed by atoms with van der Waals surface area (Å²) in [5, 5.41) is 1.76. The van der Waals surface area contributed by atoms with Gasteiger partial charge in [0.1, 0.15) is 5.58 Å². The van der Waals surface area contributed by atoms with Gasteiger partial charge >= 0.3 is 0 Å². The third-order valence-electron chi connectivity index (χ3n) is 5.00. The van der Waals surface area contributed by atoms with E-state index in [4.69, 9.17) is 16.0 Å². The molecule has 0 N–H and O–H groups in total. The van der Waals surface area contributed by atoms with Gasteiger partial charge in [-0.25, -0.2) is 0 Å². The van der Waals surface area contributed by atoms with Crippen LogP contribution in [0.5, 0.6) is 0 Å². The second-order valence-corrected chi connectivity index (χ2v) is 7.16. The molecular weight excluding hydrogens is 334 g/mol. The molecule has 1 aliphatic carbocycles. The summed E-state index contributed by atoms with van der Waals surface area (Å²) in [7, 11) is 1.81. The van der Waals surface area contributed by atoms with E-state index < -0.39 is 0 Å². The van der Waals surface area contributed by atoms with Crippen molar-refractivity contribution in [3.63, 3.8) is 0 Å². The molecule has 0 unspecified atom stereocenters. The van der Waals surface area contributed by atoms with E-state index >= 15 is 0 Å². The van der Waals surface area contributed by atoms with Crippen molar-refractivity contribution in [2.75, 3.05) is 7.05 Å². The van der Waals surface area contributed by atoms with Gasteiger partial charge in [-0.2, -0.15) is 0 Å². The van der Waals surface area contributed by atoms with E-state index in [0.717, 1.165) is 34.9 Å². The summed E-state index contributed by atoms with van der Waals surface area (Å²) < 4.78 is 5.70. The van der Waals surface area contributed by atoms with Gasteiger partial charge in [0.2, 0.25) is 5.91 Å². The van der Waals surface area contributed by atoms with E-state index in [1.165, 1.54) is 17.5 Å². The Morgan fingerprint density at radius 2 is 1.92 bits per heavy atom. The molecule has 1 heterocycles. The maximum Gasteiger partial charge on any atom is 0.227 e. The van der Waals surface area contributed by atoms with Gasteiger partial charge in [-0.3, -0.25) is 4.79 Å². The number of nitrogens with zero attached hydrogens (tertiary/aromatic N) is 1. The molecule has 128 valence electrons. The highest BCUT2D eigenvalue weighted by Gasteiger charge is 2.18. The SMILES string of the molecule is CN(Cc1ccccc1Cl)C(=O)Cc1coc2cc3c(cc12)CCC3. The average molecular weight is 354 g/mol. The van der Waals surface area contributed by atoms with Crippen molar-refractivity contribution in [3.8, 4) is 0 Å². The molecular formula is C21H20ClNO2. The number of likely N-dealkylation sites (N-methyl/N-ethyl adjacent to an activating group) is 1. The van der Waals surface area contributed by atoms with Crippen LogP contribution < -0.4 is 0 Å². The minimum atomic E-state index is 0.0584. The topological polar surface area (TPSA) is 33.5 Å². The summed E-state index contributed by atoms with van der Waals surface area (Å²) in [6.45, 7) is 0.504. The van der Waals surface area contributed by atoms with Crippen LogP contribution in [0.25, 0.3) is 11.0 Å². The van der Waals surface area contributed by atoms with Crippen LogP contribution >= 0.6 is 11.6 Å². The van der Waals surface area contributed by atoms with Crippen LogP contribution in [0.4, 0.5) is 0 Å². The number of aryl methyl sites for hydroxylation is 2. The molecule has 0 aliphatic heterocycles. The molecule has 1 amide bonds. The summed E-state index contributed by atoms with van der Waals surface area (Å²) in [4.78, 5) is 14.4. The van der Waals surface area contributed by atoms with Crippen molar-refractivity contribution < 1.29 is 9.21 Å². The van der Waals surface area contributed by atoms with E-state index in [2.05, 4.69) is 12.1 Å². The van der Waals surface area contributed by atoms with Crippen molar-refractivity contribution in [1.29, 1.82) is 0 Å². The van der Waals surface area contributed by atoms with E-state index in [1.54, 1.807) is 11.2 Å². The molecule has 3 aromatic rings. The van der Waals surface area contributed by atoms with Crippen LogP contribution in [0.3, 0.4) is 0 Å². The van der Waals surface area contributed by atoms with Crippen molar-refractivity contribution in [3.05, 3.63) is 69.9 Å². The maximum atomic E-state index is 12.6. The summed E-state index contributed by atoms with van der Waals surface area (Å²) >= 11 is 6.20. The number of fused-ring (bicyclic) bond motifs is 2. The predicted octanol–water partition coefficient (Wildman–Crippen LogP) is 4.78. The molecule has 2 aromatic carbocycles. The Hall–Kier alpha value is -2.26. The number of furan rings is 1. The van der Waals surface area contributed by atoms with Gasteiger partial charge in [0.15, 0.2) is 0 Å². The third kappa shape index (κ3) is 3.16. The fourth-order valence-electron chi connectivity index (χ4n) is 3.55. The van der Waals surface area contributed by atoms with Crippen molar-refractivity contribution >= 4 is 28.5 Å². The zero-order valence-corrected chi connectivity index (χ0v) is 15.0. The Kier molecular flexibility index (Phi) is 4.26. The van der Waals surface area contributed by atoms with Gasteiger partial charge in [0, 0.05) is 29.6 Å². The van der Waals surface area contributed by atoms with Crippen molar-refractivity contribution in [2.45, 2.75) is 32.2 Å². The highest BCUT2D eigenvalue weighted by atomic mass is 35.5. The Labute approximate surface area is 152 Å². The predicted molar refractivity (Wildman–Crippen MR) is 99.9 cm³/mol. The third-order valence-corrected chi connectivity index (χ3v) is 5.37. The van der Waals surface area contributed by atoms with Crippen LogP contribution in [0.15, 0.2) is 47.1 Å². The van der Waals surface area contributed by atoms with Gasteiger partial charge in [-0.05, 0) is 54.2 Å². The number of rotatable bonds is 4. The van der Waals surface area contributed by atoms with Crippen LogP contribution in [-0.4, -0.2) is 17.9 Å². The lowest BCUT2D eigenvalue weighted by Crippen LogP contribution is -2.27. The summed E-state index contributed by atoms with van der Waals surface area (Å²) in [6.07, 6.45) is 5.52. The minimum absolute atomic E-state index is 0.0584. The lowest BCUT2D eigenvalue weighted by molar-refractivity contribution is -0.129. The summed E-state index contributed by atoms with van der Waals surface area (Å²) in [5.74, 6) is 0.0584. The zero-order valence-electron chi connectivity index (χ0n) is 14.2. The van der Waals surface area contributed by atoms with Crippen LogP contribution in [0.1, 0.15) is 28.7 Å². The molecule has 0 spiro atoms. The van der Waals surface area contributed by atoms with E-state index in [0.29, 0.717) is 18.0 Å². The van der Waals surface area contributed by atoms with Gasteiger partial charge in [0.25, 0.3) is 0 Å². The van der Waals surface area contributed by atoms with Crippen LogP contribution in [0, 0.1) is 0 Å². The van der Waals surface area contributed by atoms with E-state index in [9.17, 15) is 4.79 Å². The molecule has 1 aliphatic rings. The molecule has 0 saturated carbocycles. The first-order valence-electron chi connectivity index (χ1n) is 8.61. The number of hydrogen-bond donors (Lipinski definition) is 0. The first-order chi connectivity index (χ1) is 12.1. The smallest absolute Gasteiger partial charge is 0.227 e. The largest absolute Gasteiger partial charge is 0.464 e. The molecule has 0 atom stereocenters. The maximum absolute atomic E-state index is 12.6. The van der Waals surface area contributed by atoms with Crippen LogP contribution in [-0.2, 0) is 30.6 Å². The number of halogens is 1. The number of amides is 1. The Morgan fingerprint density at radius 3 is 2.72 bits per heavy atom. The molecule has 4 rings (SSSR count). The first-order valence-corrected chi connectivity index (χ1v) is 8.99.